The van der Waals surface area contributed by atoms with Crippen LogP contribution in [0.25, 0.3) is 17.3 Å². The number of anilines is 1. The standard InChI is InChI=1S/C27H27F3N2O5S/c1-27(2,3)8-9-37-13-15-6-5-7-17(23(15)30)21-14-38-26(31-21)32-24(33)16-10-19(28)18(20(29)11-16)12-22(36-4)25(34)35/h5-7,10-12,14H,8-9,13H2,1-4H3,(H,34,35)(H,31,32,33)/b22-12-. The fourth-order valence-electron chi connectivity index (χ4n) is 3.27. The van der Waals surface area contributed by atoms with E-state index in [1.807, 2.05) is 0 Å². The number of nitrogens with one attached hydrogen (secondary N) is 1. The Morgan fingerprint density at radius 2 is 1.84 bits per heavy atom. The van der Waals surface area contributed by atoms with E-state index in [0.29, 0.717) is 18.2 Å². The van der Waals surface area contributed by atoms with Gasteiger partial charge in [0.25, 0.3) is 5.91 Å². The van der Waals surface area contributed by atoms with E-state index in [4.69, 9.17) is 9.84 Å². The Bertz CT molecular complexity index is 1340. The van der Waals surface area contributed by atoms with Gasteiger partial charge >= 0.3 is 5.97 Å². The minimum absolute atomic E-state index is 0.0913. The van der Waals surface area contributed by atoms with E-state index in [2.05, 4.69) is 35.8 Å². The molecular weight excluding hydrogens is 521 g/mol. The van der Waals surface area contributed by atoms with Crippen molar-refractivity contribution in [1.29, 1.82) is 0 Å². The third kappa shape index (κ3) is 7.42. The lowest BCUT2D eigenvalue weighted by Crippen LogP contribution is -2.13. The third-order valence-electron chi connectivity index (χ3n) is 5.38. The van der Waals surface area contributed by atoms with Gasteiger partial charge in [-0.15, -0.1) is 11.3 Å². The fraction of sp³-hybridized carbons (Fsp3) is 0.296. The molecule has 7 nitrogen and oxygen atoms in total. The predicted molar refractivity (Wildman–Crippen MR) is 138 cm³/mol. The zero-order chi connectivity index (χ0) is 28.0. The number of aliphatic carboxylic acids is 1. The van der Waals surface area contributed by atoms with Gasteiger partial charge < -0.3 is 14.6 Å². The molecule has 0 bridgehead atoms. The summed E-state index contributed by atoms with van der Waals surface area (Å²) in [5.41, 5.74) is -0.0579. The van der Waals surface area contributed by atoms with Gasteiger partial charge in [0.05, 0.1) is 19.4 Å². The summed E-state index contributed by atoms with van der Waals surface area (Å²) in [6.45, 7) is 6.87. The van der Waals surface area contributed by atoms with Crippen LogP contribution < -0.4 is 5.32 Å². The van der Waals surface area contributed by atoms with Crippen molar-refractivity contribution in [2.75, 3.05) is 19.0 Å². The van der Waals surface area contributed by atoms with Crippen LogP contribution in [-0.2, 0) is 20.9 Å². The van der Waals surface area contributed by atoms with Gasteiger partial charge in [-0.2, -0.15) is 0 Å². The summed E-state index contributed by atoms with van der Waals surface area (Å²) in [6.07, 6.45) is 1.51. The zero-order valence-electron chi connectivity index (χ0n) is 21.2. The number of nitrogens with zero attached hydrogens (tertiary/aromatic N) is 1. The Labute approximate surface area is 221 Å². The molecule has 1 aromatic heterocycles. The molecule has 0 aliphatic rings. The summed E-state index contributed by atoms with van der Waals surface area (Å²) in [5.74, 6) is -5.85. The molecule has 11 heteroatoms. The van der Waals surface area contributed by atoms with E-state index in [1.54, 1.807) is 23.6 Å². The van der Waals surface area contributed by atoms with Crippen LogP contribution in [0.5, 0.6) is 0 Å². The second-order valence-corrected chi connectivity index (χ2v) is 10.4. The number of halogens is 3. The first-order chi connectivity index (χ1) is 17.9. The first-order valence-electron chi connectivity index (χ1n) is 11.5. The molecule has 0 unspecified atom stereocenters. The minimum atomic E-state index is -1.51. The van der Waals surface area contributed by atoms with Crippen LogP contribution in [0.3, 0.4) is 0 Å². The summed E-state index contributed by atoms with van der Waals surface area (Å²) >= 11 is 1.01. The molecule has 2 N–H and O–H groups in total. The van der Waals surface area contributed by atoms with Crippen molar-refractivity contribution in [1.82, 2.24) is 4.98 Å². The molecule has 0 aliphatic carbocycles. The molecule has 0 fully saturated rings. The van der Waals surface area contributed by atoms with Crippen molar-refractivity contribution >= 4 is 34.4 Å². The van der Waals surface area contributed by atoms with Crippen molar-refractivity contribution in [3.05, 3.63) is 75.6 Å². The van der Waals surface area contributed by atoms with Crippen LogP contribution in [0.4, 0.5) is 18.3 Å². The number of thiazole rings is 1. The maximum Gasteiger partial charge on any atom is 0.371 e. The van der Waals surface area contributed by atoms with E-state index >= 15 is 4.39 Å². The smallest absolute Gasteiger partial charge is 0.371 e. The Morgan fingerprint density at radius 3 is 2.45 bits per heavy atom. The summed E-state index contributed by atoms with van der Waals surface area (Å²) < 4.78 is 54.3. The van der Waals surface area contributed by atoms with Crippen LogP contribution in [-0.4, -0.2) is 35.7 Å². The normalized spacial score (nSPS) is 11.9. The van der Waals surface area contributed by atoms with Gasteiger partial charge in [0.2, 0.25) is 5.76 Å². The number of carboxylic acid groups (broad SMARTS) is 1. The number of benzene rings is 2. The van der Waals surface area contributed by atoms with Crippen LogP contribution in [0.15, 0.2) is 41.5 Å². The van der Waals surface area contributed by atoms with E-state index in [9.17, 15) is 18.4 Å². The highest BCUT2D eigenvalue weighted by molar-refractivity contribution is 7.14. The molecular formula is C27H27F3N2O5S. The van der Waals surface area contributed by atoms with Gasteiger partial charge in [0, 0.05) is 40.3 Å². The summed E-state index contributed by atoms with van der Waals surface area (Å²) in [5, 5.41) is 13.1. The molecule has 1 heterocycles. The van der Waals surface area contributed by atoms with Crippen LogP contribution in [0, 0.1) is 22.9 Å². The maximum atomic E-state index is 15.1. The van der Waals surface area contributed by atoms with Crippen molar-refractivity contribution in [3.8, 4) is 11.3 Å². The molecule has 0 atom stereocenters. The number of carboxylic acids is 1. The highest BCUT2D eigenvalue weighted by atomic mass is 32.1. The molecule has 0 aliphatic heterocycles. The number of aromatic nitrogens is 1. The van der Waals surface area contributed by atoms with Crippen molar-refractivity contribution < 1.29 is 37.3 Å². The maximum absolute atomic E-state index is 15.1. The van der Waals surface area contributed by atoms with Gasteiger partial charge in [-0.1, -0.05) is 32.9 Å². The summed E-state index contributed by atoms with van der Waals surface area (Å²) in [6, 6.07) is 6.38. The molecule has 0 saturated carbocycles. The van der Waals surface area contributed by atoms with Crippen molar-refractivity contribution in [3.63, 3.8) is 0 Å². The Morgan fingerprint density at radius 1 is 1.16 bits per heavy atom. The Hall–Kier alpha value is -3.70. The number of ether oxygens (including phenoxy) is 2. The SMILES string of the molecule is CO/C(=C\c1c(F)cc(C(=O)Nc2nc(-c3cccc(COCCC(C)(C)C)c3F)cs2)cc1F)C(=O)O. The monoisotopic (exact) mass is 548 g/mol. The molecule has 3 rings (SSSR count). The minimum Gasteiger partial charge on any atom is -0.490 e. The molecule has 2 aromatic carbocycles. The number of amides is 1. The highest BCUT2D eigenvalue weighted by Crippen LogP contribution is 2.29. The number of hydrogen-bond acceptors (Lipinski definition) is 6. The highest BCUT2D eigenvalue weighted by Gasteiger charge is 2.19. The van der Waals surface area contributed by atoms with Crippen LogP contribution in [0.1, 0.15) is 48.7 Å². The van der Waals surface area contributed by atoms with Gasteiger partial charge in [-0.25, -0.2) is 22.9 Å². The quantitative estimate of drug-likeness (QED) is 0.170. The topological polar surface area (TPSA) is 97.8 Å². The first-order valence-corrected chi connectivity index (χ1v) is 12.4. The Balaban J connectivity index is 1.73. The van der Waals surface area contributed by atoms with Gasteiger partial charge in [-0.05, 0) is 30.0 Å². The van der Waals surface area contributed by atoms with Crippen molar-refractivity contribution in [2.45, 2.75) is 33.8 Å². The number of rotatable bonds is 10. The molecule has 202 valence electrons. The Kier molecular flexibility index (Phi) is 9.29. The zero-order valence-corrected chi connectivity index (χ0v) is 22.0. The molecule has 38 heavy (non-hydrogen) atoms. The summed E-state index contributed by atoms with van der Waals surface area (Å²) in [4.78, 5) is 27.9. The second kappa shape index (κ2) is 12.2. The molecule has 1 amide bonds. The number of carbonyl (C=O) groups excluding carboxylic acids is 1. The van der Waals surface area contributed by atoms with E-state index in [1.165, 1.54) is 0 Å². The van der Waals surface area contributed by atoms with Gasteiger partial charge in [0.15, 0.2) is 5.13 Å². The van der Waals surface area contributed by atoms with Crippen LogP contribution in [0.2, 0.25) is 0 Å². The lowest BCUT2D eigenvalue weighted by molar-refractivity contribution is -0.135. The van der Waals surface area contributed by atoms with E-state index in [-0.39, 0.29) is 34.0 Å². The molecule has 0 saturated heterocycles. The first kappa shape index (κ1) is 28.9. The second-order valence-electron chi connectivity index (χ2n) is 9.51. The van der Waals surface area contributed by atoms with Gasteiger partial charge in [0.1, 0.15) is 17.5 Å². The average molecular weight is 549 g/mol. The molecule has 0 spiro atoms. The predicted octanol–water partition coefficient (Wildman–Crippen LogP) is 6.50. The third-order valence-corrected chi connectivity index (χ3v) is 6.14. The summed E-state index contributed by atoms with van der Waals surface area (Å²) in [7, 11) is 1.05. The van der Waals surface area contributed by atoms with Gasteiger partial charge in [-0.3, -0.25) is 10.1 Å². The van der Waals surface area contributed by atoms with Crippen LogP contribution >= 0.6 is 11.3 Å². The molecule has 0 radical (unpaired) electrons. The fourth-order valence-corrected chi connectivity index (χ4v) is 3.97. The number of hydrogen-bond donors (Lipinski definition) is 2. The van der Waals surface area contributed by atoms with E-state index in [0.717, 1.165) is 37.0 Å². The number of carbonyl (C=O) groups is 2. The molecule has 3 aromatic rings. The van der Waals surface area contributed by atoms with Crippen molar-refractivity contribution in [2.24, 2.45) is 5.41 Å². The van der Waals surface area contributed by atoms with E-state index < -0.39 is 40.7 Å². The number of methoxy groups -OCH3 is 1. The lowest BCUT2D eigenvalue weighted by Gasteiger charge is -2.17. The lowest BCUT2D eigenvalue weighted by atomic mass is 9.93. The largest absolute Gasteiger partial charge is 0.490 e. The average Bonchev–Trinajstić information content (AvgIpc) is 3.29.